The van der Waals surface area contributed by atoms with Gasteiger partial charge in [-0.05, 0) is 24.3 Å². The molecule has 0 saturated carbocycles. The van der Waals surface area contributed by atoms with Crippen molar-refractivity contribution in [1.29, 1.82) is 0 Å². The minimum absolute atomic E-state index is 0.158. The van der Waals surface area contributed by atoms with Gasteiger partial charge in [-0.15, -0.1) is 0 Å². The lowest BCUT2D eigenvalue weighted by Gasteiger charge is -2.15. The van der Waals surface area contributed by atoms with E-state index in [0.717, 1.165) is 5.52 Å². The van der Waals surface area contributed by atoms with Crippen LogP contribution in [0.15, 0.2) is 54.9 Å². The summed E-state index contributed by atoms with van der Waals surface area (Å²) >= 11 is 0. The van der Waals surface area contributed by atoms with E-state index in [4.69, 9.17) is 5.73 Å². The summed E-state index contributed by atoms with van der Waals surface area (Å²) in [4.78, 5) is 36.5. The average Bonchev–Trinajstić information content (AvgIpc) is 2.61. The van der Waals surface area contributed by atoms with E-state index in [9.17, 15) is 9.59 Å². The maximum atomic E-state index is 12.1. The fourth-order valence-electron chi connectivity index (χ4n) is 2.26. The molecule has 0 bridgehead atoms. The molecule has 1 atom stereocenters. The molecule has 120 valence electrons. The molecule has 7 heteroatoms. The number of nitrogens with two attached hydrogens (primary N) is 1. The summed E-state index contributed by atoms with van der Waals surface area (Å²) < 4.78 is 0. The van der Waals surface area contributed by atoms with E-state index in [1.807, 2.05) is 24.3 Å². The molecule has 0 aliphatic carbocycles. The van der Waals surface area contributed by atoms with Crippen LogP contribution in [0, 0.1) is 0 Å². The molecule has 0 spiro atoms. The van der Waals surface area contributed by atoms with Gasteiger partial charge in [0.05, 0.1) is 16.7 Å². The van der Waals surface area contributed by atoms with Crippen LogP contribution >= 0.6 is 0 Å². The Morgan fingerprint density at radius 2 is 1.79 bits per heavy atom. The first-order valence-corrected chi connectivity index (χ1v) is 7.35. The molecule has 0 unspecified atom stereocenters. The SMILES string of the molecule is NC(=O)[C@H](Cc1cnc2ccccc2n1)NC(=O)c1ccccn1. The third-order valence-corrected chi connectivity index (χ3v) is 3.46. The van der Waals surface area contributed by atoms with Crippen molar-refractivity contribution in [3.05, 3.63) is 66.2 Å². The lowest BCUT2D eigenvalue weighted by atomic mass is 10.1. The molecule has 1 aromatic carbocycles. The molecule has 0 fully saturated rings. The molecule has 24 heavy (non-hydrogen) atoms. The first-order valence-electron chi connectivity index (χ1n) is 7.35. The fourth-order valence-corrected chi connectivity index (χ4v) is 2.26. The number of primary amides is 1. The molecule has 0 radical (unpaired) electrons. The van der Waals surface area contributed by atoms with Crippen LogP contribution < -0.4 is 11.1 Å². The van der Waals surface area contributed by atoms with Gasteiger partial charge in [-0.3, -0.25) is 19.6 Å². The molecule has 0 aliphatic rings. The number of carbonyl (C=O) groups excluding carboxylic acids is 2. The molecule has 3 aromatic rings. The van der Waals surface area contributed by atoms with Crippen LogP contribution in [0.2, 0.25) is 0 Å². The highest BCUT2D eigenvalue weighted by Gasteiger charge is 2.21. The molecular formula is C17H15N5O2. The number of nitrogens with zero attached hydrogens (tertiary/aromatic N) is 3. The van der Waals surface area contributed by atoms with Crippen LogP contribution in [-0.2, 0) is 11.2 Å². The Bertz CT molecular complexity index is 882. The number of pyridine rings is 1. The fraction of sp³-hybridized carbons (Fsp3) is 0.118. The van der Waals surface area contributed by atoms with Gasteiger partial charge in [-0.25, -0.2) is 4.98 Å². The van der Waals surface area contributed by atoms with E-state index >= 15 is 0 Å². The van der Waals surface area contributed by atoms with Crippen molar-refractivity contribution >= 4 is 22.8 Å². The number of rotatable bonds is 5. The smallest absolute Gasteiger partial charge is 0.270 e. The summed E-state index contributed by atoms with van der Waals surface area (Å²) in [5, 5.41) is 2.59. The van der Waals surface area contributed by atoms with Crippen LogP contribution in [0.25, 0.3) is 11.0 Å². The number of fused-ring (bicyclic) bond motifs is 1. The van der Waals surface area contributed by atoms with Crippen LogP contribution in [-0.4, -0.2) is 32.8 Å². The zero-order chi connectivity index (χ0) is 16.9. The van der Waals surface area contributed by atoms with Gasteiger partial charge < -0.3 is 11.1 Å². The summed E-state index contributed by atoms with van der Waals surface area (Å²) in [5.74, 6) is -1.11. The van der Waals surface area contributed by atoms with E-state index in [1.165, 1.54) is 6.20 Å². The Morgan fingerprint density at radius 3 is 2.50 bits per heavy atom. The number of hydrogen-bond acceptors (Lipinski definition) is 5. The van der Waals surface area contributed by atoms with Gasteiger partial charge in [0.15, 0.2) is 0 Å². The zero-order valence-corrected chi connectivity index (χ0v) is 12.7. The minimum atomic E-state index is -0.894. The quantitative estimate of drug-likeness (QED) is 0.724. The zero-order valence-electron chi connectivity index (χ0n) is 12.7. The largest absolute Gasteiger partial charge is 0.368 e. The summed E-state index contributed by atoms with van der Waals surface area (Å²) in [6, 6.07) is 11.5. The van der Waals surface area contributed by atoms with Crippen LogP contribution in [0.1, 0.15) is 16.2 Å². The molecule has 0 saturated heterocycles. The van der Waals surface area contributed by atoms with Crippen molar-refractivity contribution in [2.75, 3.05) is 0 Å². The van der Waals surface area contributed by atoms with Gasteiger partial charge in [-0.1, -0.05) is 18.2 Å². The Balaban J connectivity index is 1.78. The second kappa shape index (κ2) is 6.82. The van der Waals surface area contributed by atoms with Crippen LogP contribution in [0.3, 0.4) is 0 Å². The van der Waals surface area contributed by atoms with E-state index < -0.39 is 17.9 Å². The highest BCUT2D eigenvalue weighted by atomic mass is 16.2. The predicted octanol–water partition coefficient (Wildman–Crippen LogP) is 0.851. The highest BCUT2D eigenvalue weighted by Crippen LogP contribution is 2.10. The average molecular weight is 321 g/mol. The molecule has 2 amide bonds. The van der Waals surface area contributed by atoms with E-state index in [2.05, 4.69) is 20.3 Å². The Labute approximate surface area is 138 Å². The van der Waals surface area contributed by atoms with Gasteiger partial charge in [0.1, 0.15) is 11.7 Å². The number of carbonyl (C=O) groups is 2. The topological polar surface area (TPSA) is 111 Å². The Hall–Kier alpha value is -3.35. The monoisotopic (exact) mass is 321 g/mol. The molecule has 2 heterocycles. The summed E-state index contributed by atoms with van der Waals surface area (Å²) in [6.07, 6.45) is 3.24. The third-order valence-electron chi connectivity index (χ3n) is 3.46. The molecule has 2 aromatic heterocycles. The molecule has 3 rings (SSSR count). The van der Waals surface area contributed by atoms with Gasteiger partial charge in [-0.2, -0.15) is 0 Å². The number of aromatic nitrogens is 3. The Kier molecular flexibility index (Phi) is 4.42. The van der Waals surface area contributed by atoms with Crippen molar-refractivity contribution in [2.24, 2.45) is 5.73 Å². The van der Waals surface area contributed by atoms with Crippen molar-refractivity contribution in [1.82, 2.24) is 20.3 Å². The Morgan fingerprint density at radius 1 is 1.04 bits per heavy atom. The number of hydrogen-bond donors (Lipinski definition) is 2. The lowest BCUT2D eigenvalue weighted by Crippen LogP contribution is -2.46. The number of benzene rings is 1. The van der Waals surface area contributed by atoms with Crippen molar-refractivity contribution in [2.45, 2.75) is 12.5 Å². The van der Waals surface area contributed by atoms with Crippen molar-refractivity contribution < 1.29 is 9.59 Å². The van der Waals surface area contributed by atoms with E-state index in [1.54, 1.807) is 24.4 Å². The van der Waals surface area contributed by atoms with Gasteiger partial charge in [0.25, 0.3) is 5.91 Å². The van der Waals surface area contributed by atoms with E-state index in [0.29, 0.717) is 11.2 Å². The lowest BCUT2D eigenvalue weighted by molar-refractivity contribution is -0.119. The number of para-hydroxylation sites is 2. The second-order valence-corrected chi connectivity index (χ2v) is 5.20. The van der Waals surface area contributed by atoms with Crippen molar-refractivity contribution in [3.8, 4) is 0 Å². The summed E-state index contributed by atoms with van der Waals surface area (Å²) in [7, 11) is 0. The number of amides is 2. The molecule has 0 aliphatic heterocycles. The minimum Gasteiger partial charge on any atom is -0.368 e. The van der Waals surface area contributed by atoms with Gasteiger partial charge in [0, 0.05) is 18.8 Å². The number of nitrogens with one attached hydrogen (secondary N) is 1. The second-order valence-electron chi connectivity index (χ2n) is 5.20. The first kappa shape index (κ1) is 15.5. The third kappa shape index (κ3) is 3.52. The van der Waals surface area contributed by atoms with Gasteiger partial charge >= 0.3 is 0 Å². The molecule has 7 nitrogen and oxygen atoms in total. The maximum Gasteiger partial charge on any atom is 0.270 e. The predicted molar refractivity (Wildman–Crippen MR) is 87.9 cm³/mol. The normalized spacial score (nSPS) is 11.8. The van der Waals surface area contributed by atoms with E-state index in [-0.39, 0.29) is 12.1 Å². The van der Waals surface area contributed by atoms with Crippen LogP contribution in [0.4, 0.5) is 0 Å². The summed E-state index contributed by atoms with van der Waals surface area (Å²) in [5.41, 5.74) is 7.66. The first-order chi connectivity index (χ1) is 11.6. The highest BCUT2D eigenvalue weighted by molar-refractivity contribution is 5.95. The molecule has 3 N–H and O–H groups in total. The van der Waals surface area contributed by atoms with Gasteiger partial charge in [0.2, 0.25) is 5.91 Å². The summed E-state index contributed by atoms with van der Waals surface area (Å²) in [6.45, 7) is 0. The molecular weight excluding hydrogens is 306 g/mol. The maximum absolute atomic E-state index is 12.1. The van der Waals surface area contributed by atoms with Crippen LogP contribution in [0.5, 0.6) is 0 Å². The standard InChI is InChI=1S/C17H15N5O2/c18-16(23)15(22-17(24)14-7-3-4-8-19-14)9-11-10-20-12-5-1-2-6-13(12)21-11/h1-8,10,15H,9H2,(H2,18,23)(H,22,24)/t15-/m0/s1. The van der Waals surface area contributed by atoms with Crippen molar-refractivity contribution in [3.63, 3.8) is 0 Å².